The van der Waals surface area contributed by atoms with Crippen LogP contribution in [0.25, 0.3) is 0 Å². The fourth-order valence-corrected chi connectivity index (χ4v) is 2.89. The quantitative estimate of drug-likeness (QED) is 0.579. The van der Waals surface area contributed by atoms with Gasteiger partial charge in [0.05, 0.1) is 4.92 Å². The Morgan fingerprint density at radius 1 is 1.07 bits per heavy atom. The smallest absolute Gasteiger partial charge is 0.269 e. The van der Waals surface area contributed by atoms with Gasteiger partial charge in [0.1, 0.15) is 0 Å². The number of aromatic nitrogens is 2. The summed E-state index contributed by atoms with van der Waals surface area (Å²) in [4.78, 5) is 46.7. The Morgan fingerprint density at radius 2 is 1.71 bits per heavy atom. The molecule has 10 nitrogen and oxygen atoms in total. The first-order chi connectivity index (χ1) is 13.5. The zero-order chi connectivity index (χ0) is 19.9. The molecule has 1 saturated heterocycles. The van der Waals surface area contributed by atoms with Gasteiger partial charge in [0.25, 0.3) is 11.6 Å². The van der Waals surface area contributed by atoms with E-state index in [1.807, 2.05) is 4.90 Å². The summed E-state index contributed by atoms with van der Waals surface area (Å²) in [5.74, 6) is 0.260. The highest BCUT2D eigenvalue weighted by Crippen LogP contribution is 2.12. The van der Waals surface area contributed by atoms with Crippen molar-refractivity contribution >= 4 is 23.5 Å². The summed E-state index contributed by atoms with van der Waals surface area (Å²) in [5.41, 5.74) is 0.237. The average Bonchev–Trinajstić information content (AvgIpc) is 2.74. The molecule has 0 unspecified atom stereocenters. The third kappa shape index (κ3) is 4.78. The summed E-state index contributed by atoms with van der Waals surface area (Å²) in [7, 11) is 0. The number of non-ortho nitro benzene ring substituents is 1. The molecule has 28 heavy (non-hydrogen) atoms. The zero-order valence-electron chi connectivity index (χ0n) is 15.2. The number of nitrogens with one attached hydrogen (secondary N) is 1. The number of carbonyl (C=O) groups excluding carboxylic acids is 2. The molecule has 0 atom stereocenters. The molecule has 0 spiro atoms. The predicted octanol–water partition coefficient (Wildman–Crippen LogP) is 0.854. The van der Waals surface area contributed by atoms with Gasteiger partial charge in [-0.25, -0.2) is 9.97 Å². The van der Waals surface area contributed by atoms with E-state index in [1.54, 1.807) is 23.4 Å². The molecule has 1 aromatic heterocycles. The van der Waals surface area contributed by atoms with Gasteiger partial charge in [0.15, 0.2) is 0 Å². The topological polar surface area (TPSA) is 122 Å². The first kappa shape index (κ1) is 19.2. The number of nitro groups is 1. The van der Waals surface area contributed by atoms with E-state index in [4.69, 9.17) is 0 Å². The van der Waals surface area contributed by atoms with Crippen LogP contribution in [0, 0.1) is 10.1 Å². The lowest BCUT2D eigenvalue weighted by atomic mass is 10.2. The number of hydrogen-bond donors (Lipinski definition) is 1. The number of anilines is 1. The van der Waals surface area contributed by atoms with Gasteiger partial charge in [0.2, 0.25) is 11.9 Å². The molecule has 10 heteroatoms. The van der Waals surface area contributed by atoms with Crippen LogP contribution in [0.1, 0.15) is 16.8 Å². The molecule has 0 radical (unpaired) electrons. The van der Waals surface area contributed by atoms with Crippen LogP contribution < -0.4 is 10.2 Å². The molecule has 0 bridgehead atoms. The van der Waals surface area contributed by atoms with Crippen LogP contribution in [0.3, 0.4) is 0 Å². The maximum absolute atomic E-state index is 12.3. The highest BCUT2D eigenvalue weighted by atomic mass is 16.6. The Kier molecular flexibility index (Phi) is 6.10. The molecular formula is C18H20N6O4. The lowest BCUT2D eigenvalue weighted by molar-refractivity contribution is -0.384. The number of rotatable bonds is 6. The normalized spacial score (nSPS) is 13.9. The van der Waals surface area contributed by atoms with E-state index in [0.717, 1.165) is 0 Å². The molecule has 1 aliphatic rings. The van der Waals surface area contributed by atoms with Gasteiger partial charge in [-0.15, -0.1) is 0 Å². The Morgan fingerprint density at radius 3 is 2.32 bits per heavy atom. The van der Waals surface area contributed by atoms with E-state index in [9.17, 15) is 19.7 Å². The Hall–Kier alpha value is -3.56. The number of benzene rings is 1. The fourth-order valence-electron chi connectivity index (χ4n) is 2.89. The Balaban J connectivity index is 1.41. The second-order valence-electron chi connectivity index (χ2n) is 6.23. The van der Waals surface area contributed by atoms with Crippen molar-refractivity contribution in [2.45, 2.75) is 6.42 Å². The Labute approximate surface area is 161 Å². The van der Waals surface area contributed by atoms with Crippen molar-refractivity contribution in [3.05, 3.63) is 58.4 Å². The predicted molar refractivity (Wildman–Crippen MR) is 101 cm³/mol. The first-order valence-corrected chi connectivity index (χ1v) is 8.87. The van der Waals surface area contributed by atoms with E-state index in [0.29, 0.717) is 37.7 Å². The van der Waals surface area contributed by atoms with Crippen molar-refractivity contribution in [3.63, 3.8) is 0 Å². The zero-order valence-corrected chi connectivity index (χ0v) is 15.2. The molecule has 2 amide bonds. The van der Waals surface area contributed by atoms with Crippen molar-refractivity contribution in [2.24, 2.45) is 0 Å². The molecule has 1 aromatic carbocycles. The molecule has 1 aliphatic heterocycles. The average molecular weight is 384 g/mol. The highest BCUT2D eigenvalue weighted by Gasteiger charge is 2.22. The highest BCUT2D eigenvalue weighted by molar-refractivity contribution is 5.94. The third-order valence-corrected chi connectivity index (χ3v) is 4.43. The van der Waals surface area contributed by atoms with Crippen LogP contribution in [0.5, 0.6) is 0 Å². The largest absolute Gasteiger partial charge is 0.352 e. The molecule has 0 aliphatic carbocycles. The Bertz CT molecular complexity index is 835. The van der Waals surface area contributed by atoms with E-state index in [1.165, 1.54) is 24.3 Å². The van der Waals surface area contributed by atoms with Crippen molar-refractivity contribution in [1.29, 1.82) is 0 Å². The molecular weight excluding hydrogens is 364 g/mol. The lowest BCUT2D eigenvalue weighted by Gasteiger charge is -2.34. The van der Waals surface area contributed by atoms with Crippen molar-refractivity contribution in [1.82, 2.24) is 20.2 Å². The fraction of sp³-hybridized carbons (Fsp3) is 0.333. The second-order valence-corrected chi connectivity index (χ2v) is 6.23. The van der Waals surface area contributed by atoms with Gasteiger partial charge in [0, 0.05) is 69.2 Å². The number of hydrogen-bond acceptors (Lipinski definition) is 7. The number of amides is 2. The SMILES string of the molecule is O=C(NCCC(=O)N1CCN(c2ncccn2)CC1)c1ccc([N+](=O)[O-])cc1. The van der Waals surface area contributed by atoms with Gasteiger partial charge in [-0.05, 0) is 18.2 Å². The third-order valence-electron chi connectivity index (χ3n) is 4.43. The van der Waals surface area contributed by atoms with Crippen LogP contribution in [-0.4, -0.2) is 64.3 Å². The van der Waals surface area contributed by atoms with Crippen LogP contribution >= 0.6 is 0 Å². The van der Waals surface area contributed by atoms with Crippen LogP contribution in [-0.2, 0) is 4.79 Å². The lowest BCUT2D eigenvalue weighted by Crippen LogP contribution is -2.49. The molecule has 2 aromatic rings. The number of carbonyl (C=O) groups is 2. The summed E-state index contributed by atoms with van der Waals surface area (Å²) in [6.07, 6.45) is 3.57. The number of nitrogens with zero attached hydrogens (tertiary/aromatic N) is 5. The number of nitro benzene ring substituents is 1. The van der Waals surface area contributed by atoms with E-state index in [-0.39, 0.29) is 30.5 Å². The van der Waals surface area contributed by atoms with Crippen LogP contribution in [0.2, 0.25) is 0 Å². The summed E-state index contributed by atoms with van der Waals surface area (Å²) < 4.78 is 0. The van der Waals surface area contributed by atoms with E-state index >= 15 is 0 Å². The van der Waals surface area contributed by atoms with Crippen LogP contribution in [0.15, 0.2) is 42.7 Å². The van der Waals surface area contributed by atoms with Gasteiger partial charge in [-0.1, -0.05) is 0 Å². The van der Waals surface area contributed by atoms with Gasteiger partial charge in [-0.3, -0.25) is 19.7 Å². The molecule has 3 rings (SSSR count). The molecule has 146 valence electrons. The van der Waals surface area contributed by atoms with E-state index in [2.05, 4.69) is 15.3 Å². The minimum atomic E-state index is -0.524. The van der Waals surface area contributed by atoms with Gasteiger partial charge < -0.3 is 15.1 Å². The minimum Gasteiger partial charge on any atom is -0.352 e. The second kappa shape index (κ2) is 8.89. The molecule has 2 heterocycles. The van der Waals surface area contributed by atoms with Gasteiger partial charge >= 0.3 is 0 Å². The van der Waals surface area contributed by atoms with Gasteiger partial charge in [-0.2, -0.15) is 0 Å². The minimum absolute atomic E-state index is 0.0300. The molecule has 0 saturated carbocycles. The first-order valence-electron chi connectivity index (χ1n) is 8.87. The van der Waals surface area contributed by atoms with Crippen LogP contribution in [0.4, 0.5) is 11.6 Å². The molecule has 1 fully saturated rings. The van der Waals surface area contributed by atoms with Crippen molar-refractivity contribution in [3.8, 4) is 0 Å². The standard InChI is InChI=1S/C18H20N6O4/c25-16(22-10-12-23(13-11-22)18-20-7-1-8-21-18)6-9-19-17(26)14-2-4-15(5-3-14)24(27)28/h1-5,7-8H,6,9-13H2,(H,19,26). The molecule has 1 N–H and O–H groups in total. The number of piperazine rings is 1. The van der Waals surface area contributed by atoms with E-state index < -0.39 is 4.92 Å². The summed E-state index contributed by atoms with van der Waals surface area (Å²) in [6.45, 7) is 2.67. The summed E-state index contributed by atoms with van der Waals surface area (Å²) >= 11 is 0. The maximum Gasteiger partial charge on any atom is 0.269 e. The summed E-state index contributed by atoms with van der Waals surface area (Å²) in [5, 5.41) is 13.3. The maximum atomic E-state index is 12.3. The van der Waals surface area contributed by atoms with Crippen molar-refractivity contribution in [2.75, 3.05) is 37.6 Å². The van der Waals surface area contributed by atoms with Crippen molar-refractivity contribution < 1.29 is 14.5 Å². The summed E-state index contributed by atoms with van der Waals surface area (Å²) in [6, 6.07) is 7.08. The monoisotopic (exact) mass is 384 g/mol.